The normalized spacial score (nSPS) is 11.7. The summed E-state index contributed by atoms with van der Waals surface area (Å²) in [6.07, 6.45) is 18.2. The van der Waals surface area contributed by atoms with Crippen LogP contribution in [0.3, 0.4) is 0 Å². The largest absolute Gasteiger partial charge is 0.550 e. The Morgan fingerprint density at radius 2 is 1.53 bits per heavy atom. The smallest absolute Gasteiger partial charge is 0.303 e. The van der Waals surface area contributed by atoms with E-state index in [-0.39, 0.29) is 12.5 Å². The van der Waals surface area contributed by atoms with Gasteiger partial charge in [-0.3, -0.25) is 4.79 Å². The van der Waals surface area contributed by atoms with E-state index in [0.717, 1.165) is 13.1 Å². The maximum absolute atomic E-state index is 9.61. The highest BCUT2D eigenvalue weighted by Gasteiger charge is 2.21. The van der Waals surface area contributed by atoms with Gasteiger partial charge in [0, 0.05) is 5.97 Å². The van der Waals surface area contributed by atoms with Crippen LogP contribution in [0.15, 0.2) is 61.2 Å². The van der Waals surface area contributed by atoms with Gasteiger partial charge in [-0.25, -0.2) is 9.13 Å². The Balaban J connectivity index is 0.000000777. The number of benzene rings is 2. The van der Waals surface area contributed by atoms with E-state index >= 15 is 0 Å². The summed E-state index contributed by atoms with van der Waals surface area (Å²) in [4.78, 5) is 19.1. The standard InChI is InChI=1S/C34H51N2O.C4H6O4/c1-6-7-8-9-10-11-12-13-16-21-35-22-23-36(27-35)25-34(33-18-15-14-17-32(33)28(2)3)37-26-31-20-19-29(4)30(5)24-31;5-3(6)1-2-4(7)8/h14-15,17-20,22-24,27-28,34H,6-13,16,21,25-26H2,1-5H3;1-2H2,(H,5,6)(H,7,8)/q+1;/p-1. The van der Waals surface area contributed by atoms with Crippen molar-refractivity contribution in [3.05, 3.63) is 89.0 Å². The fourth-order valence-electron chi connectivity index (χ4n) is 5.35. The molecule has 0 aliphatic heterocycles. The van der Waals surface area contributed by atoms with Crippen LogP contribution < -0.4 is 9.67 Å². The third-order valence-corrected chi connectivity index (χ3v) is 8.17. The van der Waals surface area contributed by atoms with Gasteiger partial charge in [-0.1, -0.05) is 108 Å². The Kier molecular flexibility index (Phi) is 17.9. The predicted octanol–water partition coefficient (Wildman–Crippen LogP) is 7.61. The molecule has 0 fully saturated rings. The van der Waals surface area contributed by atoms with E-state index in [9.17, 15) is 14.7 Å². The molecule has 1 N–H and O–H groups in total. The van der Waals surface area contributed by atoms with Crippen molar-refractivity contribution in [3.63, 3.8) is 0 Å². The summed E-state index contributed by atoms with van der Waals surface area (Å²) in [5, 5.41) is 17.4. The summed E-state index contributed by atoms with van der Waals surface area (Å²) in [7, 11) is 0. The molecule has 248 valence electrons. The summed E-state index contributed by atoms with van der Waals surface area (Å²) >= 11 is 0. The number of aromatic nitrogens is 2. The molecule has 45 heavy (non-hydrogen) atoms. The monoisotopic (exact) mass is 620 g/mol. The van der Waals surface area contributed by atoms with Crippen LogP contribution in [0.2, 0.25) is 0 Å². The molecule has 0 spiro atoms. The first kappa shape index (κ1) is 37.7. The van der Waals surface area contributed by atoms with Crippen LogP contribution in [0.1, 0.15) is 131 Å². The van der Waals surface area contributed by atoms with E-state index in [1.165, 1.54) is 85.6 Å². The zero-order valence-electron chi connectivity index (χ0n) is 28.3. The van der Waals surface area contributed by atoms with Gasteiger partial charge in [-0.05, 0) is 66.8 Å². The Hall–Kier alpha value is -3.45. The van der Waals surface area contributed by atoms with E-state index in [1.807, 2.05) is 0 Å². The molecule has 1 aromatic heterocycles. The van der Waals surface area contributed by atoms with E-state index in [1.54, 1.807) is 0 Å². The van der Waals surface area contributed by atoms with Crippen molar-refractivity contribution in [1.29, 1.82) is 0 Å². The quantitative estimate of drug-likeness (QED) is 0.104. The number of hydrogen-bond acceptors (Lipinski definition) is 4. The number of carbonyl (C=O) groups excluding carboxylic acids is 1. The number of aryl methyl sites for hydroxylation is 3. The minimum absolute atomic E-state index is 0.00812. The number of hydrogen-bond donors (Lipinski definition) is 1. The maximum atomic E-state index is 9.61. The number of nitrogens with zero attached hydrogens (tertiary/aromatic N) is 2. The fourth-order valence-corrected chi connectivity index (χ4v) is 5.35. The van der Waals surface area contributed by atoms with Crippen LogP contribution >= 0.6 is 0 Å². The van der Waals surface area contributed by atoms with E-state index in [2.05, 4.69) is 105 Å². The molecule has 0 saturated heterocycles. The average Bonchev–Trinajstić information content (AvgIpc) is 3.46. The first-order valence-electron chi connectivity index (χ1n) is 16.8. The van der Waals surface area contributed by atoms with Crippen LogP contribution in [0, 0.1) is 13.8 Å². The number of carbonyl (C=O) groups is 2. The Bertz CT molecular complexity index is 1270. The van der Waals surface area contributed by atoms with Crippen molar-refractivity contribution < 1.29 is 29.1 Å². The van der Waals surface area contributed by atoms with Crippen molar-refractivity contribution >= 4 is 11.9 Å². The SMILES string of the molecule is CCCCCCCCCCCn1cc[n+](CC(OCc2ccc(C)c(C)c2)c2ccccc2C(C)C)c1.O=C([O-])CCC(=O)O. The zero-order chi connectivity index (χ0) is 33.0. The molecule has 3 aromatic rings. The fraction of sp³-hybridized carbons (Fsp3) is 0.553. The third-order valence-electron chi connectivity index (χ3n) is 8.17. The summed E-state index contributed by atoms with van der Waals surface area (Å²) < 4.78 is 11.3. The summed E-state index contributed by atoms with van der Waals surface area (Å²) in [5.41, 5.74) is 6.57. The first-order chi connectivity index (χ1) is 21.6. The highest BCUT2D eigenvalue weighted by Crippen LogP contribution is 2.28. The zero-order valence-corrected chi connectivity index (χ0v) is 28.3. The molecule has 0 bridgehead atoms. The van der Waals surface area contributed by atoms with E-state index < -0.39 is 18.4 Å². The van der Waals surface area contributed by atoms with Gasteiger partial charge < -0.3 is 19.7 Å². The number of unbranched alkanes of at least 4 members (excludes halogenated alkanes) is 8. The lowest BCUT2D eigenvalue weighted by Gasteiger charge is -2.22. The van der Waals surface area contributed by atoms with Crippen LogP contribution in [-0.4, -0.2) is 21.6 Å². The van der Waals surface area contributed by atoms with E-state index in [0.29, 0.717) is 12.5 Å². The second-order valence-electron chi connectivity index (χ2n) is 12.4. The lowest BCUT2D eigenvalue weighted by Crippen LogP contribution is -2.36. The molecular formula is C38H56N2O5. The van der Waals surface area contributed by atoms with Gasteiger partial charge in [-0.15, -0.1) is 0 Å². The average molecular weight is 621 g/mol. The van der Waals surface area contributed by atoms with Crippen LogP contribution in [0.4, 0.5) is 0 Å². The molecule has 2 aromatic carbocycles. The molecule has 3 rings (SSSR count). The minimum Gasteiger partial charge on any atom is -0.550 e. The molecule has 1 heterocycles. The second kappa shape index (κ2) is 21.3. The Morgan fingerprint density at radius 3 is 2.11 bits per heavy atom. The van der Waals surface area contributed by atoms with Crippen molar-refractivity contribution in [2.75, 3.05) is 0 Å². The number of aliphatic carboxylic acids is 2. The maximum Gasteiger partial charge on any atom is 0.303 e. The lowest BCUT2D eigenvalue weighted by molar-refractivity contribution is -0.705. The molecule has 0 aliphatic rings. The summed E-state index contributed by atoms with van der Waals surface area (Å²) in [5.74, 6) is -1.98. The molecule has 0 aliphatic carbocycles. The van der Waals surface area contributed by atoms with Crippen molar-refractivity contribution in [1.82, 2.24) is 4.57 Å². The number of carboxylic acids is 2. The second-order valence-corrected chi connectivity index (χ2v) is 12.4. The summed E-state index contributed by atoms with van der Waals surface area (Å²) in [6, 6.07) is 15.5. The molecular weight excluding hydrogens is 564 g/mol. The van der Waals surface area contributed by atoms with Crippen molar-refractivity contribution in [3.8, 4) is 0 Å². The lowest BCUT2D eigenvalue weighted by atomic mass is 9.94. The van der Waals surface area contributed by atoms with Gasteiger partial charge in [0.25, 0.3) is 0 Å². The Labute approximate surface area is 271 Å². The van der Waals surface area contributed by atoms with Gasteiger partial charge >= 0.3 is 5.97 Å². The highest BCUT2D eigenvalue weighted by molar-refractivity contribution is 5.74. The molecule has 1 atom stereocenters. The molecule has 7 nitrogen and oxygen atoms in total. The number of ether oxygens (including phenoxy) is 1. The van der Waals surface area contributed by atoms with E-state index in [4.69, 9.17) is 9.84 Å². The third kappa shape index (κ3) is 15.4. The summed E-state index contributed by atoms with van der Waals surface area (Å²) in [6.45, 7) is 13.7. The first-order valence-corrected chi connectivity index (χ1v) is 16.8. The van der Waals surface area contributed by atoms with Crippen LogP contribution in [0.25, 0.3) is 0 Å². The minimum atomic E-state index is -1.33. The predicted molar refractivity (Wildman–Crippen MR) is 178 cm³/mol. The van der Waals surface area contributed by atoms with Crippen LogP contribution in [0.5, 0.6) is 0 Å². The Morgan fingerprint density at radius 1 is 0.889 bits per heavy atom. The molecule has 0 saturated carbocycles. The van der Waals surface area contributed by atoms with Gasteiger partial charge in [-0.2, -0.15) is 0 Å². The van der Waals surface area contributed by atoms with Crippen molar-refractivity contribution in [2.24, 2.45) is 0 Å². The molecule has 0 radical (unpaired) electrons. The van der Waals surface area contributed by atoms with Gasteiger partial charge in [0.1, 0.15) is 25.0 Å². The number of imidazole rings is 1. The number of carboxylic acid groups (broad SMARTS) is 2. The molecule has 7 heteroatoms. The van der Waals surface area contributed by atoms with Gasteiger partial charge in [0.15, 0.2) is 0 Å². The van der Waals surface area contributed by atoms with Gasteiger partial charge in [0.05, 0.1) is 19.6 Å². The van der Waals surface area contributed by atoms with Gasteiger partial charge in [0.2, 0.25) is 6.33 Å². The topological polar surface area (TPSA) is 95.5 Å². The highest BCUT2D eigenvalue weighted by atomic mass is 16.5. The van der Waals surface area contributed by atoms with Crippen molar-refractivity contribution in [2.45, 2.75) is 137 Å². The number of rotatable bonds is 20. The van der Waals surface area contributed by atoms with Crippen LogP contribution in [-0.2, 0) is 34.0 Å². The molecule has 0 amide bonds. The molecule has 1 unspecified atom stereocenters.